The van der Waals surface area contributed by atoms with Gasteiger partial charge in [0.2, 0.25) is 0 Å². The van der Waals surface area contributed by atoms with Gasteiger partial charge < -0.3 is 15.4 Å². The molecule has 0 atom stereocenters. The van der Waals surface area contributed by atoms with E-state index in [1.165, 1.54) is 18.9 Å². The molecule has 0 spiro atoms. The molecule has 1 aliphatic rings. The van der Waals surface area contributed by atoms with Crippen molar-refractivity contribution in [1.29, 1.82) is 0 Å². The second-order valence-electron chi connectivity index (χ2n) is 6.57. The molecular formula is C20H25IN4O3. The van der Waals surface area contributed by atoms with Crippen LogP contribution in [0.5, 0.6) is 5.75 Å². The zero-order valence-electron chi connectivity index (χ0n) is 15.8. The summed E-state index contributed by atoms with van der Waals surface area (Å²) < 4.78 is 5.93. The maximum absolute atomic E-state index is 10.9. The lowest BCUT2D eigenvalue weighted by Crippen LogP contribution is -2.36. The largest absolute Gasteiger partial charge is 0.493 e. The number of ether oxygens (including phenoxy) is 1. The molecule has 0 aromatic heterocycles. The van der Waals surface area contributed by atoms with E-state index in [-0.39, 0.29) is 29.7 Å². The summed E-state index contributed by atoms with van der Waals surface area (Å²) in [5.74, 6) is 2.22. The first-order valence-electron chi connectivity index (χ1n) is 9.04. The number of para-hydroxylation sites is 1. The number of nitro groups is 1. The van der Waals surface area contributed by atoms with Crippen LogP contribution in [0, 0.1) is 16.0 Å². The molecule has 0 bridgehead atoms. The van der Waals surface area contributed by atoms with E-state index in [9.17, 15) is 10.1 Å². The van der Waals surface area contributed by atoms with Crippen molar-refractivity contribution in [3.05, 3.63) is 69.8 Å². The first-order valence-corrected chi connectivity index (χ1v) is 9.04. The molecule has 1 fully saturated rings. The van der Waals surface area contributed by atoms with Crippen LogP contribution in [0.3, 0.4) is 0 Å². The van der Waals surface area contributed by atoms with Gasteiger partial charge in [0.1, 0.15) is 5.75 Å². The molecule has 3 rings (SSSR count). The van der Waals surface area contributed by atoms with Gasteiger partial charge in [0.15, 0.2) is 5.96 Å². The number of benzene rings is 2. The molecule has 0 amide bonds. The van der Waals surface area contributed by atoms with Crippen LogP contribution in [0.4, 0.5) is 5.69 Å². The van der Waals surface area contributed by atoms with Crippen molar-refractivity contribution in [2.45, 2.75) is 25.9 Å². The first kappa shape index (κ1) is 21.9. The van der Waals surface area contributed by atoms with Crippen molar-refractivity contribution in [2.75, 3.05) is 13.7 Å². The lowest BCUT2D eigenvalue weighted by Gasteiger charge is -2.15. The molecular weight excluding hydrogens is 471 g/mol. The number of aliphatic imine (C=N–C) groups is 1. The number of non-ortho nitro benzene ring substituents is 1. The van der Waals surface area contributed by atoms with Gasteiger partial charge in [-0.2, -0.15) is 0 Å². The molecule has 2 N–H and O–H groups in total. The van der Waals surface area contributed by atoms with Gasteiger partial charge in [-0.15, -0.1) is 24.0 Å². The van der Waals surface area contributed by atoms with Gasteiger partial charge >= 0.3 is 0 Å². The van der Waals surface area contributed by atoms with Crippen molar-refractivity contribution >= 4 is 35.6 Å². The summed E-state index contributed by atoms with van der Waals surface area (Å²) in [6.45, 7) is 1.80. The Morgan fingerprint density at radius 1 is 1.18 bits per heavy atom. The highest BCUT2D eigenvalue weighted by Crippen LogP contribution is 2.30. The third-order valence-corrected chi connectivity index (χ3v) is 4.40. The van der Waals surface area contributed by atoms with Crippen molar-refractivity contribution < 1.29 is 9.66 Å². The van der Waals surface area contributed by atoms with E-state index in [2.05, 4.69) is 15.6 Å². The third-order valence-electron chi connectivity index (χ3n) is 4.40. The number of hydrogen-bond acceptors (Lipinski definition) is 4. The predicted octanol–water partition coefficient (Wildman–Crippen LogP) is 3.87. The van der Waals surface area contributed by atoms with E-state index >= 15 is 0 Å². The second-order valence-corrected chi connectivity index (χ2v) is 6.57. The Labute approximate surface area is 181 Å². The van der Waals surface area contributed by atoms with Gasteiger partial charge in [0.25, 0.3) is 5.69 Å². The van der Waals surface area contributed by atoms with Crippen LogP contribution in [-0.4, -0.2) is 24.5 Å². The van der Waals surface area contributed by atoms with Gasteiger partial charge in [-0.1, -0.05) is 30.3 Å². The van der Waals surface area contributed by atoms with Gasteiger partial charge in [0, 0.05) is 37.8 Å². The molecule has 0 aliphatic heterocycles. The van der Waals surface area contributed by atoms with Gasteiger partial charge in [-0.25, -0.2) is 0 Å². The normalized spacial score (nSPS) is 13.4. The lowest BCUT2D eigenvalue weighted by molar-refractivity contribution is -0.384. The van der Waals surface area contributed by atoms with Crippen LogP contribution in [0.15, 0.2) is 53.5 Å². The second kappa shape index (κ2) is 10.8. The standard InChI is InChI=1S/C20H24N4O3.HI/c1-21-20(22-12-16-5-4-7-18(11-16)24(25)26)23-13-17-6-2-3-8-19(17)27-14-15-9-10-15;/h2-8,11,15H,9-10,12-14H2,1H3,(H2,21,22,23);1H. The van der Waals surface area contributed by atoms with Gasteiger partial charge in [-0.05, 0) is 30.4 Å². The summed E-state index contributed by atoms with van der Waals surface area (Å²) in [4.78, 5) is 14.7. The molecule has 8 heteroatoms. The number of rotatable bonds is 8. The van der Waals surface area contributed by atoms with Crippen LogP contribution < -0.4 is 15.4 Å². The lowest BCUT2D eigenvalue weighted by atomic mass is 10.2. The summed E-state index contributed by atoms with van der Waals surface area (Å²) in [7, 11) is 1.69. The minimum absolute atomic E-state index is 0. The van der Waals surface area contributed by atoms with Crippen molar-refractivity contribution in [3.8, 4) is 5.75 Å². The quantitative estimate of drug-likeness (QED) is 0.191. The topological polar surface area (TPSA) is 88.8 Å². The Bertz CT molecular complexity index is 825. The molecule has 28 heavy (non-hydrogen) atoms. The van der Waals surface area contributed by atoms with E-state index in [4.69, 9.17) is 4.74 Å². The SMILES string of the molecule is CN=C(NCc1cccc([N+](=O)[O-])c1)NCc1ccccc1OCC1CC1.I. The number of nitro benzene ring substituents is 1. The minimum Gasteiger partial charge on any atom is -0.493 e. The van der Waals surface area contributed by atoms with Crippen LogP contribution in [0.25, 0.3) is 0 Å². The fraction of sp³-hybridized carbons (Fsp3) is 0.350. The number of hydrogen-bond donors (Lipinski definition) is 2. The Balaban J connectivity index is 0.00000280. The maximum atomic E-state index is 10.9. The van der Waals surface area contributed by atoms with Crippen molar-refractivity contribution in [1.82, 2.24) is 10.6 Å². The number of halogens is 1. The fourth-order valence-corrected chi connectivity index (χ4v) is 2.65. The number of nitrogens with one attached hydrogen (secondary N) is 2. The zero-order valence-corrected chi connectivity index (χ0v) is 18.1. The van der Waals surface area contributed by atoms with Crippen LogP contribution >= 0.6 is 24.0 Å². The smallest absolute Gasteiger partial charge is 0.269 e. The fourth-order valence-electron chi connectivity index (χ4n) is 2.65. The molecule has 150 valence electrons. The summed E-state index contributed by atoms with van der Waals surface area (Å²) in [6, 6.07) is 14.5. The average molecular weight is 496 g/mol. The molecule has 0 saturated heterocycles. The Morgan fingerprint density at radius 3 is 2.64 bits per heavy atom. The highest BCUT2D eigenvalue weighted by atomic mass is 127. The Kier molecular flexibility index (Phi) is 8.49. The molecule has 0 unspecified atom stereocenters. The summed E-state index contributed by atoms with van der Waals surface area (Å²) in [5.41, 5.74) is 1.97. The summed E-state index contributed by atoms with van der Waals surface area (Å²) in [6.07, 6.45) is 2.52. The molecule has 1 saturated carbocycles. The van der Waals surface area contributed by atoms with Gasteiger partial charge in [-0.3, -0.25) is 15.1 Å². The maximum Gasteiger partial charge on any atom is 0.269 e. The Morgan fingerprint density at radius 2 is 1.93 bits per heavy atom. The predicted molar refractivity (Wildman–Crippen MR) is 120 cm³/mol. The van der Waals surface area contributed by atoms with E-state index in [1.54, 1.807) is 19.2 Å². The third kappa shape index (κ3) is 6.66. The van der Waals surface area contributed by atoms with E-state index in [1.807, 2.05) is 30.3 Å². The first-order chi connectivity index (χ1) is 13.2. The number of nitrogens with zero attached hydrogens (tertiary/aromatic N) is 2. The van der Waals surface area contributed by atoms with Crippen molar-refractivity contribution in [3.63, 3.8) is 0 Å². The number of guanidine groups is 1. The molecule has 2 aromatic rings. The highest BCUT2D eigenvalue weighted by Gasteiger charge is 2.22. The highest BCUT2D eigenvalue weighted by molar-refractivity contribution is 14.0. The van der Waals surface area contributed by atoms with Crippen molar-refractivity contribution in [2.24, 2.45) is 10.9 Å². The van der Waals surface area contributed by atoms with Crippen LogP contribution in [-0.2, 0) is 13.1 Å². The Hall–Kier alpha value is -2.36. The van der Waals surface area contributed by atoms with E-state index < -0.39 is 4.92 Å². The molecule has 0 heterocycles. The van der Waals surface area contributed by atoms with E-state index in [0.29, 0.717) is 25.0 Å². The monoisotopic (exact) mass is 496 g/mol. The average Bonchev–Trinajstić information content (AvgIpc) is 3.52. The minimum atomic E-state index is -0.394. The van der Waals surface area contributed by atoms with Crippen LogP contribution in [0.2, 0.25) is 0 Å². The summed E-state index contributed by atoms with van der Waals surface area (Å²) in [5, 5.41) is 17.3. The zero-order chi connectivity index (χ0) is 19.1. The molecule has 0 radical (unpaired) electrons. The van der Waals surface area contributed by atoms with Gasteiger partial charge in [0.05, 0.1) is 11.5 Å². The summed E-state index contributed by atoms with van der Waals surface area (Å²) >= 11 is 0. The molecule has 2 aromatic carbocycles. The molecule has 7 nitrogen and oxygen atoms in total. The van der Waals surface area contributed by atoms with Crippen LogP contribution in [0.1, 0.15) is 24.0 Å². The van der Waals surface area contributed by atoms with E-state index in [0.717, 1.165) is 23.5 Å². The molecule has 1 aliphatic carbocycles.